The molecule has 0 saturated carbocycles. The second-order valence-corrected chi connectivity index (χ2v) is 7.00. The molecule has 0 aliphatic carbocycles. The monoisotopic (exact) mass is 355 g/mol. The maximum absolute atomic E-state index is 13.3. The zero-order valence-electron chi connectivity index (χ0n) is 15.2. The van der Waals surface area contributed by atoms with E-state index in [9.17, 15) is 4.79 Å². The van der Waals surface area contributed by atoms with Gasteiger partial charge >= 0.3 is 0 Å². The van der Waals surface area contributed by atoms with Crippen LogP contribution in [-0.2, 0) is 17.8 Å². The van der Waals surface area contributed by atoms with Gasteiger partial charge in [-0.05, 0) is 31.5 Å². The molecule has 4 heterocycles. The van der Waals surface area contributed by atoms with E-state index in [-0.39, 0.29) is 11.9 Å². The van der Waals surface area contributed by atoms with Crippen LogP contribution in [0.5, 0.6) is 0 Å². The molecule has 1 amide bonds. The summed E-state index contributed by atoms with van der Waals surface area (Å²) >= 11 is 0. The quantitative estimate of drug-likeness (QED) is 0.831. The van der Waals surface area contributed by atoms with E-state index in [2.05, 4.69) is 15.0 Å². The van der Waals surface area contributed by atoms with Crippen molar-refractivity contribution in [2.45, 2.75) is 32.5 Å². The van der Waals surface area contributed by atoms with Crippen molar-refractivity contribution >= 4 is 5.91 Å². The van der Waals surface area contributed by atoms with E-state index >= 15 is 0 Å². The van der Waals surface area contributed by atoms with Crippen molar-refractivity contribution in [3.05, 3.63) is 47.5 Å². The summed E-state index contributed by atoms with van der Waals surface area (Å²) in [5, 5.41) is 4.41. The van der Waals surface area contributed by atoms with Crippen LogP contribution < -0.4 is 0 Å². The molecular weight excluding hydrogens is 330 g/mol. The minimum Gasteiger partial charge on any atom is -0.379 e. The Morgan fingerprint density at radius 3 is 2.88 bits per heavy atom. The third-order valence-electron chi connectivity index (χ3n) is 5.19. The number of pyridine rings is 1. The first-order valence-corrected chi connectivity index (χ1v) is 9.26. The van der Waals surface area contributed by atoms with Crippen LogP contribution in [0.2, 0.25) is 0 Å². The molecule has 1 atom stereocenters. The first-order chi connectivity index (χ1) is 12.7. The van der Waals surface area contributed by atoms with Gasteiger partial charge in [-0.25, -0.2) is 4.98 Å². The number of hydrogen-bond acceptors (Lipinski definition) is 5. The molecule has 1 unspecified atom stereocenters. The number of hydrogen-bond donors (Lipinski definition) is 0. The Labute approximate surface area is 153 Å². The Morgan fingerprint density at radius 2 is 2.08 bits per heavy atom. The van der Waals surface area contributed by atoms with Gasteiger partial charge in [0.05, 0.1) is 25.5 Å². The summed E-state index contributed by atoms with van der Waals surface area (Å²) in [5.41, 5.74) is 2.46. The number of aryl methyl sites for hydroxylation is 2. The van der Waals surface area contributed by atoms with Crippen molar-refractivity contribution in [1.82, 2.24) is 24.6 Å². The predicted molar refractivity (Wildman–Crippen MR) is 96.7 cm³/mol. The summed E-state index contributed by atoms with van der Waals surface area (Å²) in [7, 11) is 0. The Hall–Kier alpha value is -2.25. The zero-order valence-corrected chi connectivity index (χ0v) is 15.2. The van der Waals surface area contributed by atoms with E-state index in [0.717, 1.165) is 57.2 Å². The molecule has 7 heteroatoms. The average Bonchev–Trinajstić information content (AvgIpc) is 3.04. The van der Waals surface area contributed by atoms with Crippen molar-refractivity contribution in [3.63, 3.8) is 0 Å². The van der Waals surface area contributed by atoms with E-state index in [1.54, 1.807) is 0 Å². The Kier molecular flexibility index (Phi) is 4.99. The number of rotatable bonds is 3. The third kappa shape index (κ3) is 3.64. The fourth-order valence-electron chi connectivity index (χ4n) is 3.75. The number of ether oxygens (including phenoxy) is 1. The molecule has 0 spiro atoms. The summed E-state index contributed by atoms with van der Waals surface area (Å²) in [4.78, 5) is 22.1. The maximum Gasteiger partial charge on any atom is 0.273 e. The molecule has 26 heavy (non-hydrogen) atoms. The predicted octanol–water partition coefficient (Wildman–Crippen LogP) is 1.33. The fourth-order valence-corrected chi connectivity index (χ4v) is 3.75. The Bertz CT molecular complexity index is 769. The van der Waals surface area contributed by atoms with Gasteiger partial charge in [0.1, 0.15) is 5.69 Å². The highest BCUT2D eigenvalue weighted by molar-refractivity contribution is 5.92. The zero-order chi connectivity index (χ0) is 17.9. The van der Waals surface area contributed by atoms with Gasteiger partial charge < -0.3 is 9.64 Å². The van der Waals surface area contributed by atoms with Gasteiger partial charge in [-0.3, -0.25) is 14.4 Å². The van der Waals surface area contributed by atoms with Crippen molar-refractivity contribution in [1.29, 1.82) is 0 Å². The minimum absolute atomic E-state index is 0.00149. The highest BCUT2D eigenvalue weighted by atomic mass is 16.5. The molecule has 138 valence electrons. The lowest BCUT2D eigenvalue weighted by Crippen LogP contribution is -2.49. The molecule has 0 N–H and O–H groups in total. The summed E-state index contributed by atoms with van der Waals surface area (Å²) in [6.45, 7) is 7.57. The van der Waals surface area contributed by atoms with Gasteiger partial charge in [-0.2, -0.15) is 5.10 Å². The summed E-state index contributed by atoms with van der Waals surface area (Å²) < 4.78 is 7.48. The highest BCUT2D eigenvalue weighted by Crippen LogP contribution is 2.21. The molecule has 4 rings (SSSR count). The molecule has 0 aromatic carbocycles. The number of carbonyl (C=O) groups is 1. The lowest BCUT2D eigenvalue weighted by Gasteiger charge is -2.35. The van der Waals surface area contributed by atoms with Crippen LogP contribution >= 0.6 is 0 Å². The average molecular weight is 355 g/mol. The molecule has 1 fully saturated rings. The number of fused-ring (bicyclic) bond motifs is 1. The topological polar surface area (TPSA) is 63.5 Å². The second-order valence-electron chi connectivity index (χ2n) is 7.00. The van der Waals surface area contributed by atoms with Crippen molar-refractivity contribution in [3.8, 4) is 0 Å². The van der Waals surface area contributed by atoms with Crippen molar-refractivity contribution < 1.29 is 9.53 Å². The normalized spacial score (nSPS) is 21.3. The third-order valence-corrected chi connectivity index (χ3v) is 5.19. The highest BCUT2D eigenvalue weighted by Gasteiger charge is 2.31. The first kappa shape index (κ1) is 17.2. The molecule has 2 aromatic rings. The van der Waals surface area contributed by atoms with Crippen molar-refractivity contribution in [2.75, 3.05) is 32.8 Å². The largest absolute Gasteiger partial charge is 0.379 e. The minimum atomic E-state index is 0.00149. The molecule has 0 bridgehead atoms. The molecule has 2 aromatic heterocycles. The standard InChI is InChI=1S/C19H25N5O2/c1-15-3-2-4-18(21-15)19(25)23-14-17-5-7-20-24(17)8-6-16(23)13-22-9-11-26-12-10-22/h2-5,7,16H,6,8-14H2,1H3. The van der Waals surface area contributed by atoms with Crippen LogP contribution in [-0.4, -0.2) is 69.4 Å². The van der Waals surface area contributed by atoms with E-state index in [1.165, 1.54) is 0 Å². The van der Waals surface area contributed by atoms with Gasteiger partial charge in [0.25, 0.3) is 5.91 Å². The summed E-state index contributed by atoms with van der Waals surface area (Å²) in [6.07, 6.45) is 2.70. The van der Waals surface area contributed by atoms with Crippen molar-refractivity contribution in [2.24, 2.45) is 0 Å². The van der Waals surface area contributed by atoms with Crippen LogP contribution in [0.1, 0.15) is 28.3 Å². The summed E-state index contributed by atoms with van der Waals surface area (Å²) in [5.74, 6) is 0.00149. The first-order valence-electron chi connectivity index (χ1n) is 9.26. The number of morpholine rings is 1. The molecule has 2 aliphatic rings. The van der Waals surface area contributed by atoms with E-state index in [0.29, 0.717) is 12.2 Å². The number of carbonyl (C=O) groups excluding carboxylic acids is 1. The summed E-state index contributed by atoms with van der Waals surface area (Å²) in [6, 6.07) is 7.77. The van der Waals surface area contributed by atoms with Gasteiger partial charge in [0.2, 0.25) is 0 Å². The van der Waals surface area contributed by atoms with Crippen LogP contribution in [0, 0.1) is 6.92 Å². The fraction of sp³-hybridized carbons (Fsp3) is 0.526. The Morgan fingerprint density at radius 1 is 1.23 bits per heavy atom. The molecule has 2 aliphatic heterocycles. The molecule has 7 nitrogen and oxygen atoms in total. The van der Waals surface area contributed by atoms with Gasteiger partial charge in [-0.15, -0.1) is 0 Å². The number of amides is 1. The van der Waals surface area contributed by atoms with Crippen LogP contribution in [0.25, 0.3) is 0 Å². The number of aromatic nitrogens is 3. The lowest BCUT2D eigenvalue weighted by molar-refractivity contribution is 0.0201. The number of nitrogens with zero attached hydrogens (tertiary/aromatic N) is 5. The molecule has 1 saturated heterocycles. The van der Waals surface area contributed by atoms with Gasteiger partial charge in [-0.1, -0.05) is 6.07 Å². The Balaban J connectivity index is 1.59. The SMILES string of the molecule is Cc1cccc(C(=O)N2Cc3ccnn3CCC2CN2CCOCC2)n1. The van der Waals surface area contributed by atoms with E-state index in [4.69, 9.17) is 4.74 Å². The smallest absolute Gasteiger partial charge is 0.273 e. The maximum atomic E-state index is 13.3. The molecular formula is C19H25N5O2. The van der Waals surface area contributed by atoms with E-state index in [1.807, 2.05) is 47.0 Å². The lowest BCUT2D eigenvalue weighted by atomic mass is 10.1. The van der Waals surface area contributed by atoms with Gasteiger partial charge in [0.15, 0.2) is 0 Å². The van der Waals surface area contributed by atoms with Crippen LogP contribution in [0.15, 0.2) is 30.5 Å². The second kappa shape index (κ2) is 7.55. The van der Waals surface area contributed by atoms with Crippen LogP contribution in [0.4, 0.5) is 0 Å². The molecule has 0 radical (unpaired) electrons. The van der Waals surface area contributed by atoms with Crippen LogP contribution in [0.3, 0.4) is 0 Å². The van der Waals surface area contributed by atoms with E-state index < -0.39 is 0 Å². The van der Waals surface area contributed by atoms with Gasteiger partial charge in [0, 0.05) is 44.1 Å².